The predicted octanol–water partition coefficient (Wildman–Crippen LogP) is 3.78. The second-order valence-electron chi connectivity index (χ2n) is 11.7. The van der Waals surface area contributed by atoms with E-state index in [-0.39, 0.29) is 35.9 Å². The number of fused-ring (bicyclic) bond motifs is 3. The van der Waals surface area contributed by atoms with Gasteiger partial charge in [-0.2, -0.15) is 0 Å². The van der Waals surface area contributed by atoms with E-state index >= 15 is 0 Å². The predicted molar refractivity (Wildman–Crippen MR) is 130 cm³/mol. The number of likely N-dealkylation sites (tertiary alicyclic amines) is 2. The smallest absolute Gasteiger partial charge is 0.410 e. The Morgan fingerprint density at radius 1 is 1.03 bits per heavy atom. The highest BCUT2D eigenvalue weighted by Crippen LogP contribution is 2.38. The van der Waals surface area contributed by atoms with Gasteiger partial charge in [-0.05, 0) is 38.3 Å². The van der Waals surface area contributed by atoms with Crippen LogP contribution in [0.2, 0.25) is 0 Å². The number of amides is 3. The zero-order chi connectivity index (χ0) is 25.0. The highest BCUT2D eigenvalue weighted by Gasteiger charge is 2.54. The molecule has 8 nitrogen and oxygen atoms in total. The number of para-hydroxylation sites is 1. The van der Waals surface area contributed by atoms with E-state index in [2.05, 4.69) is 17.2 Å². The zero-order valence-corrected chi connectivity index (χ0v) is 21.1. The van der Waals surface area contributed by atoms with Crippen LogP contribution in [-0.4, -0.2) is 69.5 Å². The van der Waals surface area contributed by atoms with Crippen LogP contribution in [0.15, 0.2) is 30.3 Å². The maximum atomic E-state index is 13.7. The number of hydrogen-bond donors (Lipinski definition) is 2. The Labute approximate surface area is 201 Å². The molecule has 3 heterocycles. The molecule has 8 heteroatoms. The first-order valence-corrected chi connectivity index (χ1v) is 11.9. The highest BCUT2D eigenvalue weighted by atomic mass is 16.6. The molecule has 2 aliphatic rings. The molecule has 0 spiro atoms. The summed E-state index contributed by atoms with van der Waals surface area (Å²) in [6.45, 7) is 14.4. The standard InChI is InChI=1S/C26H36N4O4/c1-15-19-14-30(24(33)34-26(5,6)7)20(15)13-29(19)23(32)21(25(2,3)4)28-22(31)18-12-16-10-8-9-11-17(16)27-18/h8-12,15,19-21,27H,13-14H2,1-7H3,(H,28,31)/t15-,19-,20-,21-/m1/s1. The average Bonchev–Trinajstić information content (AvgIpc) is 3.39. The summed E-state index contributed by atoms with van der Waals surface area (Å²) in [5.41, 5.74) is 0.242. The molecule has 0 unspecified atom stereocenters. The molecule has 2 aromatic rings. The number of aromatic nitrogens is 1. The van der Waals surface area contributed by atoms with Crippen LogP contribution in [0, 0.1) is 11.3 Å². The number of carbonyl (C=O) groups is 3. The van der Waals surface area contributed by atoms with Gasteiger partial charge in [-0.1, -0.05) is 45.9 Å². The van der Waals surface area contributed by atoms with E-state index in [1.165, 1.54) is 0 Å². The molecule has 2 N–H and O–H groups in total. The number of carbonyl (C=O) groups excluding carboxylic acids is 3. The van der Waals surface area contributed by atoms with Gasteiger partial charge in [-0.25, -0.2) is 4.79 Å². The fourth-order valence-corrected chi connectivity index (χ4v) is 5.03. The summed E-state index contributed by atoms with van der Waals surface area (Å²) in [5, 5.41) is 3.93. The monoisotopic (exact) mass is 468 g/mol. The topological polar surface area (TPSA) is 94.7 Å². The number of piperazine rings is 1. The summed E-state index contributed by atoms with van der Waals surface area (Å²) in [4.78, 5) is 46.3. The molecule has 0 aliphatic carbocycles. The van der Waals surface area contributed by atoms with Crippen LogP contribution in [0.25, 0.3) is 10.9 Å². The third-order valence-electron chi connectivity index (χ3n) is 6.86. The minimum atomic E-state index is -0.701. The van der Waals surface area contributed by atoms with Crippen molar-refractivity contribution in [2.24, 2.45) is 11.3 Å². The van der Waals surface area contributed by atoms with Crippen molar-refractivity contribution in [1.82, 2.24) is 20.1 Å². The Morgan fingerprint density at radius 2 is 1.65 bits per heavy atom. The fraction of sp³-hybridized carbons (Fsp3) is 0.577. The van der Waals surface area contributed by atoms with Gasteiger partial charge in [0.25, 0.3) is 5.91 Å². The van der Waals surface area contributed by atoms with Crippen molar-refractivity contribution in [3.63, 3.8) is 0 Å². The first-order chi connectivity index (χ1) is 15.8. The van der Waals surface area contributed by atoms with Crippen LogP contribution in [0.1, 0.15) is 59.0 Å². The number of H-pyrrole nitrogens is 1. The first kappa shape index (κ1) is 24.1. The molecule has 4 rings (SSSR count). The Balaban J connectivity index is 1.49. The highest BCUT2D eigenvalue weighted by molar-refractivity contribution is 6.00. The quantitative estimate of drug-likeness (QED) is 0.717. The van der Waals surface area contributed by atoms with E-state index in [4.69, 9.17) is 4.74 Å². The minimum Gasteiger partial charge on any atom is -0.444 e. The van der Waals surface area contributed by atoms with Gasteiger partial charge in [0.05, 0.1) is 12.1 Å². The summed E-state index contributed by atoms with van der Waals surface area (Å²) in [6, 6.07) is 8.59. The normalized spacial score (nSPS) is 23.3. The summed E-state index contributed by atoms with van der Waals surface area (Å²) >= 11 is 0. The molecule has 4 atom stereocenters. The molecule has 0 saturated carbocycles. The summed E-state index contributed by atoms with van der Waals surface area (Å²) in [6.07, 6.45) is -0.335. The third-order valence-corrected chi connectivity index (χ3v) is 6.86. The van der Waals surface area contributed by atoms with Crippen LogP contribution < -0.4 is 5.32 Å². The van der Waals surface area contributed by atoms with E-state index in [1.807, 2.05) is 70.7 Å². The number of nitrogens with one attached hydrogen (secondary N) is 2. The second-order valence-corrected chi connectivity index (χ2v) is 11.7. The SMILES string of the molecule is C[C@H]1[C@H]2CN(C(=O)[C@@H](NC(=O)c3cc4ccccc4[nH]3)C(C)(C)C)[C@@H]1CN2C(=O)OC(C)(C)C. The number of rotatable bonds is 3. The minimum absolute atomic E-state index is 0.0890. The van der Waals surface area contributed by atoms with Crippen LogP contribution in [0.4, 0.5) is 4.79 Å². The number of aromatic amines is 1. The van der Waals surface area contributed by atoms with Crippen molar-refractivity contribution in [2.45, 2.75) is 72.2 Å². The van der Waals surface area contributed by atoms with Gasteiger partial charge in [-0.3, -0.25) is 9.59 Å². The van der Waals surface area contributed by atoms with Gasteiger partial charge in [0.15, 0.2) is 0 Å². The second kappa shape index (κ2) is 8.32. The molecular formula is C26H36N4O4. The van der Waals surface area contributed by atoms with E-state index in [0.717, 1.165) is 10.9 Å². The van der Waals surface area contributed by atoms with Gasteiger partial charge >= 0.3 is 6.09 Å². The van der Waals surface area contributed by atoms with E-state index in [0.29, 0.717) is 18.8 Å². The van der Waals surface area contributed by atoms with Crippen molar-refractivity contribution < 1.29 is 19.1 Å². The van der Waals surface area contributed by atoms with Crippen molar-refractivity contribution in [1.29, 1.82) is 0 Å². The third kappa shape index (κ3) is 4.50. The average molecular weight is 469 g/mol. The van der Waals surface area contributed by atoms with E-state index in [9.17, 15) is 14.4 Å². The Morgan fingerprint density at radius 3 is 2.21 bits per heavy atom. The number of benzene rings is 1. The largest absolute Gasteiger partial charge is 0.444 e. The number of hydrogen-bond acceptors (Lipinski definition) is 4. The Bertz CT molecular complexity index is 1080. The lowest BCUT2D eigenvalue weighted by Crippen LogP contribution is -2.59. The number of nitrogens with zero attached hydrogens (tertiary/aromatic N) is 2. The lowest BCUT2D eigenvalue weighted by molar-refractivity contribution is -0.138. The van der Waals surface area contributed by atoms with E-state index in [1.54, 1.807) is 11.0 Å². The summed E-state index contributed by atoms with van der Waals surface area (Å²) < 4.78 is 5.57. The molecular weight excluding hydrogens is 432 g/mol. The molecule has 2 aliphatic heterocycles. The summed E-state index contributed by atoms with van der Waals surface area (Å²) in [7, 11) is 0. The van der Waals surface area contributed by atoms with Gasteiger partial charge in [0.1, 0.15) is 17.3 Å². The molecule has 2 saturated heterocycles. The van der Waals surface area contributed by atoms with Gasteiger partial charge < -0.3 is 24.8 Å². The summed E-state index contributed by atoms with van der Waals surface area (Å²) in [5.74, 6) is -0.279. The lowest BCUT2D eigenvalue weighted by Gasteiger charge is -2.39. The van der Waals surface area contributed by atoms with Crippen molar-refractivity contribution in [3.8, 4) is 0 Å². The van der Waals surface area contributed by atoms with E-state index < -0.39 is 17.1 Å². The van der Waals surface area contributed by atoms with Gasteiger partial charge in [0, 0.05) is 29.9 Å². The molecule has 2 fully saturated rings. The zero-order valence-electron chi connectivity index (χ0n) is 21.1. The first-order valence-electron chi connectivity index (χ1n) is 11.9. The number of ether oxygens (including phenoxy) is 1. The molecule has 0 radical (unpaired) electrons. The lowest BCUT2D eigenvalue weighted by atomic mass is 9.85. The van der Waals surface area contributed by atoms with Crippen molar-refractivity contribution in [3.05, 3.63) is 36.0 Å². The molecule has 3 amide bonds. The molecule has 184 valence electrons. The van der Waals surface area contributed by atoms with Crippen LogP contribution in [0.5, 0.6) is 0 Å². The van der Waals surface area contributed by atoms with Crippen LogP contribution >= 0.6 is 0 Å². The van der Waals surface area contributed by atoms with Crippen molar-refractivity contribution >= 4 is 28.8 Å². The van der Waals surface area contributed by atoms with Gasteiger partial charge in [-0.15, -0.1) is 0 Å². The van der Waals surface area contributed by atoms with Crippen LogP contribution in [-0.2, 0) is 9.53 Å². The maximum absolute atomic E-state index is 13.7. The Hall–Kier alpha value is -3.03. The van der Waals surface area contributed by atoms with Crippen LogP contribution in [0.3, 0.4) is 0 Å². The molecule has 2 bridgehead atoms. The molecule has 1 aromatic heterocycles. The van der Waals surface area contributed by atoms with Crippen molar-refractivity contribution in [2.75, 3.05) is 13.1 Å². The Kier molecular flexibility index (Phi) is 5.90. The van der Waals surface area contributed by atoms with Gasteiger partial charge in [0.2, 0.25) is 5.91 Å². The fourth-order valence-electron chi connectivity index (χ4n) is 5.03. The maximum Gasteiger partial charge on any atom is 0.410 e. The molecule has 1 aromatic carbocycles. The molecule has 34 heavy (non-hydrogen) atoms.